The summed E-state index contributed by atoms with van der Waals surface area (Å²) in [6, 6.07) is 14.5. The number of unbranched alkanes of at least 4 members (excludes halogenated alkanes) is 4. The minimum atomic E-state index is -5.03. The van der Waals surface area contributed by atoms with Gasteiger partial charge in [0, 0.05) is 68.1 Å². The molecule has 81 heavy (non-hydrogen) atoms. The average molecular weight is 1190 g/mol. The van der Waals surface area contributed by atoms with Crippen molar-refractivity contribution < 1.29 is 69.7 Å². The molecule has 0 fully saturated rings. The summed E-state index contributed by atoms with van der Waals surface area (Å²) in [5, 5.41) is 5.63. The van der Waals surface area contributed by atoms with Crippen molar-refractivity contribution in [2.24, 2.45) is 16.7 Å². The van der Waals surface area contributed by atoms with Gasteiger partial charge in [-0.3, -0.25) is 23.7 Å². The number of halogens is 4. The van der Waals surface area contributed by atoms with Gasteiger partial charge in [0.05, 0.1) is 41.0 Å². The first-order chi connectivity index (χ1) is 38.1. The standard InChI is InChI=1S/C59H74ClF3N4O12P2/c1-36(2)51(67(10)11)80(32-20-27-64-9)74-30-18-13-12-16-28-65-46(68)26-23-37-33-43-50(48(60)49(37)78-55(72)57(6,7)8)76-45-35-44(77-54(71)56(3,4)5)39-21-14-15-22-40(39)47(45)58(43)42-34-38(24-25-41(42)52(69)79-58)81(73)75-31-19-17-29-66-53(70)59(61,62)63/h14-15,21-22,24-25,33-36,51,81H,12-13,16-20,23,26-32H2,1-8,10-11H3,(H,65,68)(H,66,70). The van der Waals surface area contributed by atoms with Crippen LogP contribution in [-0.2, 0) is 49.5 Å². The number of amides is 2. The Labute approximate surface area is 479 Å². The molecule has 0 saturated heterocycles. The second-order valence-corrected chi connectivity index (χ2v) is 26.6. The molecule has 440 valence electrons. The predicted octanol–water partition coefficient (Wildman–Crippen LogP) is 12.4. The maximum absolute atomic E-state index is 14.4. The van der Waals surface area contributed by atoms with Crippen LogP contribution in [0.5, 0.6) is 23.0 Å². The average Bonchev–Trinajstić information content (AvgIpc) is 3.67. The second-order valence-electron chi connectivity index (χ2n) is 22.8. The lowest BCUT2D eigenvalue weighted by molar-refractivity contribution is -0.173. The van der Waals surface area contributed by atoms with E-state index in [-0.39, 0.29) is 106 Å². The van der Waals surface area contributed by atoms with Gasteiger partial charge in [-0.05, 0) is 129 Å². The molecule has 4 atom stereocenters. The lowest BCUT2D eigenvalue weighted by Crippen LogP contribution is -2.37. The highest BCUT2D eigenvalue weighted by Gasteiger charge is 2.56. The molecule has 16 nitrogen and oxygen atoms in total. The molecule has 22 heteroatoms. The molecule has 6 rings (SSSR count). The van der Waals surface area contributed by atoms with Gasteiger partial charge in [-0.25, -0.2) is 11.4 Å². The van der Waals surface area contributed by atoms with Crippen LogP contribution in [0.2, 0.25) is 5.02 Å². The van der Waals surface area contributed by atoms with Gasteiger partial charge in [0.2, 0.25) is 20.5 Å². The topological polar surface area (TPSA) is 189 Å². The van der Waals surface area contributed by atoms with Crippen molar-refractivity contribution in [2.75, 3.05) is 53.1 Å². The third-order valence-corrected chi connectivity index (χ3v) is 18.1. The quantitative estimate of drug-likeness (QED) is 0.0199. The number of nitrogens with one attached hydrogen (secondary N) is 2. The Morgan fingerprint density at radius 1 is 0.840 bits per heavy atom. The Balaban J connectivity index is 1.33. The summed E-state index contributed by atoms with van der Waals surface area (Å²) in [5.41, 5.74) is -2.89. The van der Waals surface area contributed by atoms with Gasteiger partial charge >= 0.3 is 30.0 Å². The number of rotatable bonds is 26. The first-order valence-corrected chi connectivity index (χ1v) is 30.4. The number of ether oxygens (including phenoxy) is 4. The number of alkyl halides is 3. The van der Waals surface area contributed by atoms with Gasteiger partial charge in [0.1, 0.15) is 16.5 Å². The maximum atomic E-state index is 14.4. The van der Waals surface area contributed by atoms with E-state index in [1.807, 2.05) is 0 Å². The summed E-state index contributed by atoms with van der Waals surface area (Å²) in [5.74, 6) is -3.69. The fraction of sp³-hybridized carbons (Fsp3) is 0.525. The van der Waals surface area contributed by atoms with E-state index in [1.165, 1.54) is 24.3 Å². The van der Waals surface area contributed by atoms with Crippen LogP contribution >= 0.6 is 27.8 Å². The van der Waals surface area contributed by atoms with E-state index in [0.29, 0.717) is 42.0 Å². The molecule has 1 spiro atoms. The molecule has 2 amide bonds. The minimum absolute atomic E-state index is 0.0141. The summed E-state index contributed by atoms with van der Waals surface area (Å²) in [6.07, 6.45) is 0.138. The number of carbonyl (C=O) groups is 5. The second kappa shape index (κ2) is 27.7. The normalized spacial score (nSPS) is 16.0. The van der Waals surface area contributed by atoms with Gasteiger partial charge in [-0.1, -0.05) is 62.6 Å². The van der Waals surface area contributed by atoms with E-state index in [9.17, 15) is 41.7 Å². The van der Waals surface area contributed by atoms with Crippen LogP contribution in [0.15, 0.2) is 54.6 Å². The van der Waals surface area contributed by atoms with Crippen molar-refractivity contribution in [3.63, 3.8) is 0 Å². The molecule has 4 unspecified atom stereocenters. The van der Waals surface area contributed by atoms with Gasteiger partial charge in [-0.2, -0.15) is 13.2 Å². The lowest BCUT2D eigenvalue weighted by atomic mass is 9.75. The molecule has 4 aromatic rings. The number of carbonyl (C=O) groups excluding carboxylic acids is 5. The molecule has 4 aromatic carbocycles. The monoisotopic (exact) mass is 1180 g/mol. The molecule has 2 aliphatic heterocycles. The summed E-state index contributed by atoms with van der Waals surface area (Å²) in [6.45, 7) is 22.8. The van der Waals surface area contributed by atoms with Gasteiger partial charge in [0.25, 0.3) is 0 Å². The van der Waals surface area contributed by atoms with Crippen LogP contribution in [0.3, 0.4) is 0 Å². The van der Waals surface area contributed by atoms with Gasteiger partial charge in [-0.15, -0.1) is 0 Å². The summed E-state index contributed by atoms with van der Waals surface area (Å²) in [4.78, 5) is 72.4. The molecule has 0 bridgehead atoms. The summed E-state index contributed by atoms with van der Waals surface area (Å²) in [7, 11) is 0.263. The SMILES string of the molecule is [C-]#[N+]CCCP(OCCCCCCNC(=O)CCc1cc2c(c(Cl)c1OC(=O)C(C)(C)C)Oc1cc(OC(=O)C(C)(C)C)c3ccccc3c1C21OC(=O)c2ccc([PH](=O)OCCCCNC(=O)C(F)(F)F)cc21)C(C(C)C)N(C)C. The van der Waals surface area contributed by atoms with Gasteiger partial charge in [0.15, 0.2) is 17.1 Å². The van der Waals surface area contributed by atoms with Crippen LogP contribution in [0, 0.1) is 23.3 Å². The Hall–Kier alpha value is -5.60. The largest absolute Gasteiger partial charge is 0.471 e. The fourth-order valence-electron chi connectivity index (χ4n) is 9.56. The van der Waals surface area contributed by atoms with Crippen LogP contribution in [0.1, 0.15) is 139 Å². The summed E-state index contributed by atoms with van der Waals surface area (Å²) < 4.78 is 89.8. The smallest absolute Gasteiger partial charge is 0.455 e. The number of benzene rings is 4. The lowest BCUT2D eigenvalue weighted by Gasteiger charge is -2.39. The van der Waals surface area contributed by atoms with E-state index in [0.717, 1.165) is 38.3 Å². The van der Waals surface area contributed by atoms with Crippen molar-refractivity contribution in [1.29, 1.82) is 0 Å². The zero-order valence-electron chi connectivity index (χ0n) is 47.7. The van der Waals surface area contributed by atoms with Crippen molar-refractivity contribution >= 4 is 73.6 Å². The van der Waals surface area contributed by atoms with E-state index in [1.54, 1.807) is 77.2 Å². The van der Waals surface area contributed by atoms with Crippen LogP contribution in [0.25, 0.3) is 15.6 Å². The predicted molar refractivity (Wildman–Crippen MR) is 306 cm³/mol. The first kappa shape index (κ1) is 64.6. The van der Waals surface area contributed by atoms with Crippen molar-refractivity contribution in [2.45, 2.75) is 131 Å². The van der Waals surface area contributed by atoms with Crippen molar-refractivity contribution in [3.05, 3.63) is 98.9 Å². The Morgan fingerprint density at radius 2 is 1.48 bits per heavy atom. The maximum Gasteiger partial charge on any atom is 0.471 e. The van der Waals surface area contributed by atoms with Crippen LogP contribution < -0.4 is 30.1 Å². The first-order valence-electron chi connectivity index (χ1n) is 27.2. The highest BCUT2D eigenvalue weighted by Crippen LogP contribution is 2.62. The Morgan fingerprint density at radius 3 is 2.14 bits per heavy atom. The molecule has 2 N–H and O–H groups in total. The van der Waals surface area contributed by atoms with Crippen LogP contribution in [-0.4, -0.2) is 99.7 Å². The van der Waals surface area contributed by atoms with E-state index in [2.05, 4.69) is 43.0 Å². The number of esters is 3. The number of hydrogen-bond donors (Lipinski definition) is 2. The zero-order chi connectivity index (χ0) is 59.6. The van der Waals surface area contributed by atoms with E-state index in [4.69, 9.17) is 46.2 Å². The van der Waals surface area contributed by atoms with Crippen molar-refractivity contribution in [3.8, 4) is 23.0 Å². The zero-order valence-corrected chi connectivity index (χ0v) is 50.4. The molecular formula is C59H74ClF3N4O12P2. The number of nitrogens with zero attached hydrogens (tertiary/aromatic N) is 2. The molecule has 0 radical (unpaired) electrons. The highest BCUT2D eigenvalue weighted by molar-refractivity contribution is 7.53. The fourth-order valence-corrected chi connectivity index (χ4v) is 13.4. The Kier molecular flexibility index (Phi) is 22.0. The molecule has 0 aliphatic carbocycles. The highest BCUT2D eigenvalue weighted by atomic mass is 35.5. The molecular weight excluding hydrogens is 1110 g/mol. The molecule has 2 aliphatic rings. The number of hydrogen-bond acceptors (Lipinski definition) is 13. The minimum Gasteiger partial charge on any atom is -0.455 e. The number of aryl methyl sites for hydroxylation is 1. The van der Waals surface area contributed by atoms with Crippen LogP contribution in [0.4, 0.5) is 13.2 Å². The van der Waals surface area contributed by atoms with Gasteiger partial charge < -0.3 is 48.4 Å². The van der Waals surface area contributed by atoms with E-state index >= 15 is 0 Å². The molecule has 0 aromatic heterocycles. The Bertz CT molecular complexity index is 3040. The third-order valence-electron chi connectivity index (χ3n) is 13.6. The van der Waals surface area contributed by atoms with Crippen molar-refractivity contribution in [1.82, 2.24) is 15.5 Å². The molecule has 2 heterocycles. The summed E-state index contributed by atoms with van der Waals surface area (Å²) >= 11 is 7.40. The third kappa shape index (κ3) is 15.7. The number of fused-ring (bicyclic) bond motifs is 8. The molecule has 0 saturated carbocycles. The van der Waals surface area contributed by atoms with E-state index < -0.39 is 62.6 Å².